The molecule has 1 aromatic heterocycles. The van der Waals surface area contributed by atoms with Gasteiger partial charge in [0.15, 0.2) is 10.8 Å². The van der Waals surface area contributed by atoms with E-state index in [-0.39, 0.29) is 22.9 Å². The highest BCUT2D eigenvalue weighted by Crippen LogP contribution is 2.24. The minimum absolute atomic E-state index is 0.0126. The van der Waals surface area contributed by atoms with E-state index in [1.165, 1.54) is 0 Å². The van der Waals surface area contributed by atoms with Crippen LogP contribution in [0.25, 0.3) is 0 Å². The third-order valence-corrected chi connectivity index (χ3v) is 2.85. The lowest BCUT2D eigenvalue weighted by Gasteiger charge is -2.05. The third-order valence-electron chi connectivity index (χ3n) is 2.46. The van der Waals surface area contributed by atoms with Gasteiger partial charge in [0.25, 0.3) is 0 Å². The molecule has 19 heavy (non-hydrogen) atoms. The van der Waals surface area contributed by atoms with Gasteiger partial charge >= 0.3 is 5.97 Å². The van der Waals surface area contributed by atoms with Crippen LogP contribution in [0.1, 0.15) is 16.1 Å². The van der Waals surface area contributed by atoms with Crippen LogP contribution in [0, 0.1) is 11.6 Å². The maximum absolute atomic E-state index is 13.5. The second-order valence-corrected chi connectivity index (χ2v) is 4.11. The van der Waals surface area contributed by atoms with Crippen molar-refractivity contribution in [2.75, 3.05) is 5.73 Å². The Labute approximate surface area is 111 Å². The molecule has 3 N–H and O–H groups in total. The van der Waals surface area contributed by atoms with Gasteiger partial charge in [-0.1, -0.05) is 11.6 Å². The van der Waals surface area contributed by atoms with Gasteiger partial charge in [0, 0.05) is 5.56 Å². The van der Waals surface area contributed by atoms with Crippen LogP contribution in [0.4, 0.5) is 14.5 Å². The normalized spacial score (nSPS) is 10.7. The summed E-state index contributed by atoms with van der Waals surface area (Å²) in [6.07, 6.45) is 0. The molecular formula is C11H8ClF2N3O2. The van der Waals surface area contributed by atoms with Crippen LogP contribution in [-0.4, -0.2) is 20.9 Å². The van der Waals surface area contributed by atoms with E-state index in [1.807, 2.05) is 0 Å². The summed E-state index contributed by atoms with van der Waals surface area (Å²) in [5, 5.41) is 12.3. The lowest BCUT2D eigenvalue weighted by Crippen LogP contribution is -2.06. The molecule has 0 atom stereocenters. The number of nitrogens with two attached hydrogens (primary N) is 1. The zero-order valence-corrected chi connectivity index (χ0v) is 10.2. The topological polar surface area (TPSA) is 81.1 Å². The Morgan fingerprint density at radius 2 is 2.16 bits per heavy atom. The third kappa shape index (κ3) is 2.50. The van der Waals surface area contributed by atoms with Gasteiger partial charge in [-0.15, -0.1) is 0 Å². The second kappa shape index (κ2) is 4.85. The summed E-state index contributed by atoms with van der Waals surface area (Å²) in [5.41, 5.74) is 4.80. The Balaban J connectivity index is 2.41. The van der Waals surface area contributed by atoms with Crippen LogP contribution in [0.2, 0.25) is 5.15 Å². The van der Waals surface area contributed by atoms with Gasteiger partial charge in [-0.05, 0) is 18.2 Å². The number of aromatic nitrogens is 2. The number of carbonyl (C=O) groups is 1. The molecule has 8 heteroatoms. The number of halogens is 3. The number of benzene rings is 1. The first kappa shape index (κ1) is 13.3. The van der Waals surface area contributed by atoms with Gasteiger partial charge < -0.3 is 10.8 Å². The molecule has 0 fully saturated rings. The summed E-state index contributed by atoms with van der Waals surface area (Å²) in [4.78, 5) is 10.8. The van der Waals surface area contributed by atoms with Crippen molar-refractivity contribution in [1.82, 2.24) is 9.78 Å². The molecule has 5 nitrogen and oxygen atoms in total. The fourth-order valence-corrected chi connectivity index (χ4v) is 1.73. The van der Waals surface area contributed by atoms with Crippen LogP contribution in [0.5, 0.6) is 0 Å². The van der Waals surface area contributed by atoms with Crippen molar-refractivity contribution in [2.24, 2.45) is 0 Å². The lowest BCUT2D eigenvalue weighted by atomic mass is 10.2. The molecule has 0 unspecified atom stereocenters. The van der Waals surface area contributed by atoms with E-state index in [0.717, 1.165) is 22.9 Å². The number of carboxylic acid groups (broad SMARTS) is 1. The number of hydrogen-bond donors (Lipinski definition) is 2. The molecule has 1 heterocycles. The Kier molecular flexibility index (Phi) is 3.39. The molecule has 2 aromatic rings. The Hall–Kier alpha value is -2.15. The Bertz CT molecular complexity index is 658. The molecule has 2 rings (SSSR count). The summed E-state index contributed by atoms with van der Waals surface area (Å²) in [6.45, 7) is -0.222. The average Bonchev–Trinajstić information content (AvgIpc) is 2.62. The number of aromatic carboxylic acids is 1. The molecule has 0 aliphatic rings. The van der Waals surface area contributed by atoms with E-state index < -0.39 is 23.3 Å². The number of nitrogen functional groups attached to an aromatic ring is 1. The van der Waals surface area contributed by atoms with Crippen LogP contribution < -0.4 is 5.73 Å². The zero-order valence-electron chi connectivity index (χ0n) is 9.40. The lowest BCUT2D eigenvalue weighted by molar-refractivity contribution is 0.0690. The fourth-order valence-electron chi connectivity index (χ4n) is 1.54. The molecule has 0 radical (unpaired) electrons. The zero-order chi connectivity index (χ0) is 14.2. The van der Waals surface area contributed by atoms with Crippen molar-refractivity contribution < 1.29 is 18.7 Å². The number of hydrogen-bond acceptors (Lipinski definition) is 3. The minimum atomic E-state index is -1.35. The predicted octanol–water partition coefficient (Wildman–Crippen LogP) is 2.14. The Morgan fingerprint density at radius 3 is 2.74 bits per heavy atom. The summed E-state index contributed by atoms with van der Waals surface area (Å²) in [6, 6.07) is 2.91. The predicted molar refractivity (Wildman–Crippen MR) is 64.1 cm³/mol. The monoisotopic (exact) mass is 287 g/mol. The van der Waals surface area contributed by atoms with Crippen LogP contribution >= 0.6 is 11.6 Å². The first-order valence-corrected chi connectivity index (χ1v) is 5.47. The molecule has 0 amide bonds. The molecule has 1 aromatic carbocycles. The summed E-state index contributed by atoms with van der Waals surface area (Å²) in [7, 11) is 0. The van der Waals surface area contributed by atoms with E-state index in [0.29, 0.717) is 0 Å². The standard InChI is InChI=1S/C11H8ClF2N3O2/c12-10-8(15)9(11(18)19)16-17(10)4-5-3-6(13)1-2-7(5)14/h1-3H,4,15H2,(H,18,19). The fraction of sp³-hybridized carbons (Fsp3) is 0.0909. The summed E-state index contributed by atoms with van der Waals surface area (Å²) >= 11 is 5.80. The highest BCUT2D eigenvalue weighted by molar-refractivity contribution is 6.32. The van der Waals surface area contributed by atoms with Gasteiger partial charge in [-0.2, -0.15) is 5.10 Å². The van der Waals surface area contributed by atoms with Crippen LogP contribution in [0.15, 0.2) is 18.2 Å². The van der Waals surface area contributed by atoms with Gasteiger partial charge in [0.2, 0.25) is 0 Å². The van der Waals surface area contributed by atoms with Crippen molar-refractivity contribution in [3.8, 4) is 0 Å². The van der Waals surface area contributed by atoms with Gasteiger partial charge in [-0.25, -0.2) is 18.3 Å². The first-order valence-electron chi connectivity index (χ1n) is 5.09. The van der Waals surface area contributed by atoms with E-state index >= 15 is 0 Å². The van der Waals surface area contributed by atoms with Gasteiger partial charge in [0.1, 0.15) is 17.3 Å². The summed E-state index contributed by atoms with van der Waals surface area (Å²) in [5.74, 6) is -2.62. The number of carboxylic acids is 1. The minimum Gasteiger partial charge on any atom is -0.476 e. The van der Waals surface area contributed by atoms with Crippen LogP contribution in [-0.2, 0) is 6.54 Å². The smallest absolute Gasteiger partial charge is 0.358 e. The number of anilines is 1. The van der Waals surface area contributed by atoms with E-state index in [9.17, 15) is 13.6 Å². The molecule has 0 saturated heterocycles. The van der Waals surface area contributed by atoms with Crippen molar-refractivity contribution in [1.29, 1.82) is 0 Å². The molecule has 100 valence electrons. The Morgan fingerprint density at radius 1 is 1.47 bits per heavy atom. The van der Waals surface area contributed by atoms with E-state index in [1.54, 1.807) is 0 Å². The molecule has 0 spiro atoms. The van der Waals surface area contributed by atoms with Crippen molar-refractivity contribution >= 4 is 23.3 Å². The van der Waals surface area contributed by atoms with Gasteiger partial charge in [0.05, 0.1) is 6.54 Å². The quantitative estimate of drug-likeness (QED) is 0.906. The highest BCUT2D eigenvalue weighted by Gasteiger charge is 2.19. The largest absolute Gasteiger partial charge is 0.476 e. The maximum atomic E-state index is 13.5. The average molecular weight is 288 g/mol. The van der Waals surface area contributed by atoms with Crippen molar-refractivity contribution in [3.63, 3.8) is 0 Å². The molecule has 0 aliphatic carbocycles. The van der Waals surface area contributed by atoms with E-state index in [2.05, 4.69) is 5.10 Å². The van der Waals surface area contributed by atoms with Crippen molar-refractivity contribution in [2.45, 2.75) is 6.54 Å². The van der Waals surface area contributed by atoms with Crippen LogP contribution in [0.3, 0.4) is 0 Å². The number of nitrogens with zero attached hydrogens (tertiary/aromatic N) is 2. The molecular weight excluding hydrogens is 280 g/mol. The molecule has 0 saturated carbocycles. The number of rotatable bonds is 3. The molecule has 0 bridgehead atoms. The second-order valence-electron chi connectivity index (χ2n) is 3.75. The van der Waals surface area contributed by atoms with Crippen molar-refractivity contribution in [3.05, 3.63) is 46.2 Å². The maximum Gasteiger partial charge on any atom is 0.358 e. The van der Waals surface area contributed by atoms with E-state index in [4.69, 9.17) is 22.4 Å². The molecule has 0 aliphatic heterocycles. The highest BCUT2D eigenvalue weighted by atomic mass is 35.5. The first-order chi connectivity index (χ1) is 8.90. The summed E-state index contributed by atoms with van der Waals surface area (Å²) < 4.78 is 27.5. The SMILES string of the molecule is Nc1c(C(=O)O)nn(Cc2cc(F)ccc2F)c1Cl. The van der Waals surface area contributed by atoms with Gasteiger partial charge in [-0.3, -0.25) is 0 Å².